The lowest BCUT2D eigenvalue weighted by Gasteiger charge is -2.41. The molecule has 0 saturated carbocycles. The van der Waals surface area contributed by atoms with E-state index in [0.29, 0.717) is 52.1 Å². The molecule has 0 radical (unpaired) electrons. The number of fused-ring (bicyclic) bond motifs is 3. The van der Waals surface area contributed by atoms with Crippen LogP contribution in [-0.2, 0) is 22.4 Å². The first-order valence-electron chi connectivity index (χ1n) is 12.6. The third kappa shape index (κ3) is 4.12. The zero-order chi connectivity index (χ0) is 28.1. The third-order valence-electron chi connectivity index (χ3n) is 7.47. The van der Waals surface area contributed by atoms with E-state index in [1.165, 1.54) is 21.3 Å². The molecule has 9 nitrogen and oxygen atoms in total. The Kier molecular flexibility index (Phi) is 6.92. The largest absolute Gasteiger partial charge is 0.493 e. The van der Waals surface area contributed by atoms with Gasteiger partial charge in [0, 0.05) is 22.7 Å². The van der Waals surface area contributed by atoms with E-state index in [1.807, 2.05) is 12.1 Å². The number of benzene rings is 3. The highest BCUT2D eigenvalue weighted by molar-refractivity contribution is 9.10. The Morgan fingerprint density at radius 2 is 1.85 bits per heavy atom. The van der Waals surface area contributed by atoms with Gasteiger partial charge in [0.1, 0.15) is 11.6 Å². The molecule has 0 aromatic heterocycles. The molecule has 3 heterocycles. The Morgan fingerprint density at radius 3 is 2.58 bits per heavy atom. The van der Waals surface area contributed by atoms with Gasteiger partial charge >= 0.3 is 5.97 Å². The summed E-state index contributed by atoms with van der Waals surface area (Å²) in [4.78, 5) is 29.1. The number of halogens is 2. The standard InChI is InChI=1S/C29H25BrClNO8/c1-35-18-8-7-17-21(25(18)36-2)29(34)40-24(17)23-20-16(22(30)27-28(26(20)37-3)39-13-38-27)9-10-32(23)19(33)12-14-5-4-6-15(31)11-14/h4-8,11,23-24H,9-10,12-13H2,1-3H3/t23-,24+/m1/s1. The summed E-state index contributed by atoms with van der Waals surface area (Å²) in [5.41, 5.74) is 3.20. The molecule has 11 heteroatoms. The molecule has 1 amide bonds. The highest BCUT2D eigenvalue weighted by Gasteiger charge is 2.49. The van der Waals surface area contributed by atoms with E-state index in [2.05, 4.69) is 15.9 Å². The molecular formula is C29H25BrClNO8. The summed E-state index contributed by atoms with van der Waals surface area (Å²) in [6.45, 7) is 0.405. The summed E-state index contributed by atoms with van der Waals surface area (Å²) in [6.07, 6.45) is -0.231. The lowest BCUT2D eigenvalue weighted by Crippen LogP contribution is -2.43. The van der Waals surface area contributed by atoms with Crippen LogP contribution in [0.5, 0.6) is 28.7 Å². The second-order valence-electron chi connectivity index (χ2n) is 9.48. The number of carbonyl (C=O) groups is 2. The third-order valence-corrected chi connectivity index (χ3v) is 8.54. The van der Waals surface area contributed by atoms with E-state index in [0.717, 1.165) is 15.6 Å². The van der Waals surface area contributed by atoms with Crippen molar-refractivity contribution >= 4 is 39.4 Å². The Balaban J connectivity index is 1.53. The van der Waals surface area contributed by atoms with Gasteiger partial charge in [-0.2, -0.15) is 0 Å². The van der Waals surface area contributed by atoms with Gasteiger partial charge in [0.2, 0.25) is 18.4 Å². The number of nitrogens with zero attached hydrogens (tertiary/aromatic N) is 1. The number of ether oxygens (including phenoxy) is 6. The van der Waals surface area contributed by atoms with Crippen LogP contribution in [0.3, 0.4) is 0 Å². The van der Waals surface area contributed by atoms with Crippen molar-refractivity contribution in [2.45, 2.75) is 25.0 Å². The van der Waals surface area contributed by atoms with Crippen molar-refractivity contribution in [1.82, 2.24) is 4.90 Å². The van der Waals surface area contributed by atoms with E-state index in [9.17, 15) is 9.59 Å². The zero-order valence-electron chi connectivity index (χ0n) is 21.9. The zero-order valence-corrected chi connectivity index (χ0v) is 24.3. The maximum Gasteiger partial charge on any atom is 0.343 e. The SMILES string of the molecule is COc1ccc2c(c1OC)C(=O)O[C@@H]2[C@H]1c2c(c(Br)c3c(c2OC)OCO3)CCN1C(=O)Cc1cccc(Cl)c1. The number of amides is 1. The minimum Gasteiger partial charge on any atom is -0.493 e. The molecule has 0 fully saturated rings. The molecule has 3 aliphatic rings. The number of methoxy groups -OCH3 is 3. The molecule has 3 aliphatic heterocycles. The molecule has 0 aliphatic carbocycles. The average Bonchev–Trinajstić information content (AvgIpc) is 3.57. The lowest BCUT2D eigenvalue weighted by molar-refractivity contribution is -0.136. The fraction of sp³-hybridized carbons (Fsp3) is 0.310. The van der Waals surface area contributed by atoms with Crippen LogP contribution in [0.25, 0.3) is 0 Å². The van der Waals surface area contributed by atoms with Crippen LogP contribution in [-0.4, -0.2) is 51.4 Å². The minimum absolute atomic E-state index is 0.0352. The van der Waals surface area contributed by atoms with Gasteiger partial charge in [0.15, 0.2) is 29.1 Å². The van der Waals surface area contributed by atoms with Crippen LogP contribution < -0.4 is 23.7 Å². The number of hydrogen-bond donors (Lipinski definition) is 0. The van der Waals surface area contributed by atoms with Crippen molar-refractivity contribution in [3.05, 3.63) is 73.7 Å². The van der Waals surface area contributed by atoms with Crippen LogP contribution in [0.15, 0.2) is 40.9 Å². The Hall–Kier alpha value is -3.63. The van der Waals surface area contributed by atoms with E-state index in [4.69, 9.17) is 40.0 Å². The number of cyclic esters (lactones) is 1. The minimum atomic E-state index is -0.856. The van der Waals surface area contributed by atoms with Gasteiger partial charge in [-0.05, 0) is 51.7 Å². The Labute approximate surface area is 243 Å². The summed E-state index contributed by atoms with van der Waals surface area (Å²) in [5, 5.41) is 0.545. The predicted molar refractivity (Wildman–Crippen MR) is 148 cm³/mol. The fourth-order valence-corrected chi connectivity index (χ4v) is 6.71. The predicted octanol–water partition coefficient (Wildman–Crippen LogP) is 5.44. The maximum absolute atomic E-state index is 14.0. The van der Waals surface area contributed by atoms with Gasteiger partial charge in [-0.15, -0.1) is 0 Å². The molecule has 0 bridgehead atoms. The Morgan fingerprint density at radius 1 is 1.07 bits per heavy atom. The molecule has 0 spiro atoms. The normalized spacial score (nSPS) is 18.6. The van der Waals surface area contributed by atoms with Gasteiger partial charge in [-0.1, -0.05) is 29.8 Å². The summed E-state index contributed by atoms with van der Waals surface area (Å²) in [6, 6.07) is 9.95. The number of carbonyl (C=O) groups excluding carboxylic acids is 2. The number of hydrogen-bond acceptors (Lipinski definition) is 8. The van der Waals surface area contributed by atoms with Crippen molar-refractivity contribution in [3.63, 3.8) is 0 Å². The smallest absolute Gasteiger partial charge is 0.343 e. The van der Waals surface area contributed by atoms with Crippen molar-refractivity contribution in [1.29, 1.82) is 0 Å². The van der Waals surface area contributed by atoms with Gasteiger partial charge in [-0.3, -0.25) is 4.79 Å². The monoisotopic (exact) mass is 629 g/mol. The second-order valence-corrected chi connectivity index (χ2v) is 10.7. The summed E-state index contributed by atoms with van der Waals surface area (Å²) in [5.74, 6) is 1.37. The highest BCUT2D eigenvalue weighted by atomic mass is 79.9. The van der Waals surface area contributed by atoms with Crippen LogP contribution >= 0.6 is 27.5 Å². The molecule has 208 valence electrons. The van der Waals surface area contributed by atoms with E-state index in [1.54, 1.807) is 29.2 Å². The van der Waals surface area contributed by atoms with Gasteiger partial charge in [0.05, 0.1) is 32.2 Å². The van der Waals surface area contributed by atoms with Gasteiger partial charge in [-0.25, -0.2) is 4.79 Å². The van der Waals surface area contributed by atoms with Crippen molar-refractivity contribution in [2.24, 2.45) is 0 Å². The topological polar surface area (TPSA) is 92.8 Å². The molecule has 6 rings (SSSR count). The lowest BCUT2D eigenvalue weighted by atomic mass is 9.84. The summed E-state index contributed by atoms with van der Waals surface area (Å²) < 4.78 is 35.2. The van der Waals surface area contributed by atoms with Gasteiger partial charge in [0.25, 0.3) is 0 Å². The molecule has 2 atom stereocenters. The Bertz CT molecular complexity index is 1540. The quantitative estimate of drug-likeness (QED) is 0.333. The first kappa shape index (κ1) is 26.6. The fourth-order valence-electron chi connectivity index (χ4n) is 5.79. The molecule has 3 aromatic rings. The first-order chi connectivity index (χ1) is 19.4. The van der Waals surface area contributed by atoms with Crippen LogP contribution in [0.1, 0.15) is 44.8 Å². The molecular weight excluding hydrogens is 606 g/mol. The average molecular weight is 631 g/mol. The maximum atomic E-state index is 14.0. The molecule has 0 saturated heterocycles. The van der Waals surface area contributed by atoms with Crippen molar-refractivity contribution in [2.75, 3.05) is 34.7 Å². The van der Waals surface area contributed by atoms with E-state index >= 15 is 0 Å². The van der Waals surface area contributed by atoms with Crippen molar-refractivity contribution < 1.29 is 38.0 Å². The van der Waals surface area contributed by atoms with Crippen molar-refractivity contribution in [3.8, 4) is 28.7 Å². The van der Waals surface area contributed by atoms with Gasteiger partial charge < -0.3 is 33.3 Å². The van der Waals surface area contributed by atoms with Crippen LogP contribution in [0, 0.1) is 0 Å². The molecule has 0 unspecified atom stereocenters. The number of rotatable bonds is 6. The van der Waals surface area contributed by atoms with E-state index < -0.39 is 18.1 Å². The molecule has 0 N–H and O–H groups in total. The summed E-state index contributed by atoms with van der Waals surface area (Å²) in [7, 11) is 4.51. The number of esters is 1. The second kappa shape index (κ2) is 10.4. The first-order valence-corrected chi connectivity index (χ1v) is 13.7. The highest BCUT2D eigenvalue weighted by Crippen LogP contribution is 2.58. The summed E-state index contributed by atoms with van der Waals surface area (Å²) >= 11 is 9.90. The van der Waals surface area contributed by atoms with Crippen LogP contribution in [0.2, 0.25) is 5.02 Å². The van der Waals surface area contributed by atoms with Crippen LogP contribution in [0.4, 0.5) is 0 Å². The van der Waals surface area contributed by atoms with E-state index in [-0.39, 0.29) is 30.4 Å². The molecule has 3 aromatic carbocycles. The molecule has 40 heavy (non-hydrogen) atoms.